The van der Waals surface area contributed by atoms with E-state index in [0.29, 0.717) is 5.69 Å². The first-order valence-electron chi connectivity index (χ1n) is 6.91. The van der Waals surface area contributed by atoms with Crippen molar-refractivity contribution in [3.8, 4) is 0 Å². The second-order valence-electron chi connectivity index (χ2n) is 6.17. The first kappa shape index (κ1) is 12.5. The number of hydrogen-bond donors (Lipinski definition) is 2. The van der Waals surface area contributed by atoms with Gasteiger partial charge in [-0.15, -0.1) is 0 Å². The van der Waals surface area contributed by atoms with Crippen LogP contribution in [-0.2, 0) is 0 Å². The second-order valence-corrected chi connectivity index (χ2v) is 6.17. The number of fused-ring (bicyclic) bond motifs is 2. The Hall–Kier alpha value is -1.49. The zero-order chi connectivity index (χ0) is 13.5. The van der Waals surface area contributed by atoms with E-state index in [0.717, 1.165) is 44.2 Å². The fourth-order valence-electron chi connectivity index (χ4n) is 3.59. The topological polar surface area (TPSA) is 80.9 Å². The maximum Gasteiger partial charge on any atom is 0.271 e. The number of carbonyl (C=O) groups is 1. The van der Waals surface area contributed by atoms with Gasteiger partial charge >= 0.3 is 0 Å². The highest BCUT2D eigenvalue weighted by atomic mass is 16.2. The molecule has 0 spiro atoms. The maximum absolute atomic E-state index is 12.3. The second kappa shape index (κ2) is 4.27. The third kappa shape index (κ3) is 2.34. The van der Waals surface area contributed by atoms with Crippen LogP contribution in [0.25, 0.3) is 0 Å². The zero-order valence-electron chi connectivity index (χ0n) is 11.3. The number of amides is 1. The van der Waals surface area contributed by atoms with E-state index >= 15 is 0 Å². The summed E-state index contributed by atoms with van der Waals surface area (Å²) in [6.07, 6.45) is 9.25. The van der Waals surface area contributed by atoms with Crippen LogP contribution in [-0.4, -0.2) is 27.0 Å². The van der Waals surface area contributed by atoms with Gasteiger partial charge in [-0.1, -0.05) is 0 Å². The minimum Gasteiger partial charge on any atom is -0.345 e. The van der Waals surface area contributed by atoms with E-state index < -0.39 is 0 Å². The van der Waals surface area contributed by atoms with Crippen molar-refractivity contribution in [3.63, 3.8) is 0 Å². The molecule has 2 aliphatic rings. The summed E-state index contributed by atoms with van der Waals surface area (Å²) in [7, 11) is 0. The van der Waals surface area contributed by atoms with Gasteiger partial charge in [0, 0.05) is 17.3 Å². The molecule has 0 saturated heterocycles. The van der Waals surface area contributed by atoms with E-state index in [2.05, 4.69) is 15.3 Å². The number of hydrogen-bond acceptors (Lipinski definition) is 4. The number of nitrogens with zero attached hydrogens (tertiary/aromatic N) is 2. The van der Waals surface area contributed by atoms with Crippen LogP contribution in [0.2, 0.25) is 0 Å². The Morgan fingerprint density at radius 1 is 1.32 bits per heavy atom. The molecule has 3 rings (SSSR count). The van der Waals surface area contributed by atoms with Crippen molar-refractivity contribution in [2.75, 3.05) is 0 Å². The highest BCUT2D eigenvalue weighted by Crippen LogP contribution is 2.46. The van der Waals surface area contributed by atoms with Crippen molar-refractivity contribution in [3.05, 3.63) is 23.8 Å². The van der Waals surface area contributed by atoms with E-state index in [4.69, 9.17) is 5.73 Å². The van der Waals surface area contributed by atoms with Crippen LogP contribution < -0.4 is 11.1 Å². The number of nitrogens with one attached hydrogen (secondary N) is 1. The summed E-state index contributed by atoms with van der Waals surface area (Å²) in [6.45, 7) is 1.84. The lowest BCUT2D eigenvalue weighted by Crippen LogP contribution is -2.52. The van der Waals surface area contributed by atoms with Gasteiger partial charge in [0.1, 0.15) is 5.69 Å². The molecule has 1 aromatic heterocycles. The molecule has 0 unspecified atom stereocenters. The summed E-state index contributed by atoms with van der Waals surface area (Å²) >= 11 is 0. The van der Waals surface area contributed by atoms with Crippen molar-refractivity contribution in [2.45, 2.75) is 56.5 Å². The predicted molar refractivity (Wildman–Crippen MR) is 71.6 cm³/mol. The highest BCUT2D eigenvalue weighted by molar-refractivity contribution is 5.92. The third-order valence-corrected chi connectivity index (χ3v) is 4.49. The Labute approximate surface area is 113 Å². The van der Waals surface area contributed by atoms with Gasteiger partial charge in [0.15, 0.2) is 0 Å². The molecule has 1 heterocycles. The van der Waals surface area contributed by atoms with Crippen LogP contribution in [0.3, 0.4) is 0 Å². The molecule has 102 valence electrons. The molecule has 5 heteroatoms. The zero-order valence-corrected chi connectivity index (χ0v) is 11.3. The molecular formula is C14H20N4O. The minimum absolute atomic E-state index is 0.0657. The standard InChI is InChI=1S/C14H20N4O/c1-10-7-16-8-11(17-10)12(19)18-14-4-2-3-13(15,9-14)5-6-14/h7-8H,2-6,9,15H2,1H3,(H,18,19)/t13-,14+/m1/s1. The molecule has 0 aromatic carbocycles. The molecule has 2 bridgehead atoms. The summed E-state index contributed by atoms with van der Waals surface area (Å²) in [5, 5.41) is 3.17. The Morgan fingerprint density at radius 2 is 2.16 bits per heavy atom. The van der Waals surface area contributed by atoms with E-state index in [1.807, 2.05) is 6.92 Å². The quantitative estimate of drug-likeness (QED) is 0.840. The van der Waals surface area contributed by atoms with Crippen molar-refractivity contribution < 1.29 is 4.79 Å². The SMILES string of the molecule is Cc1cncc(C(=O)N[C@@]23CCC[C@@](N)(CC2)C3)n1. The average molecular weight is 260 g/mol. The molecule has 2 fully saturated rings. The van der Waals surface area contributed by atoms with E-state index in [9.17, 15) is 4.79 Å². The number of aryl methyl sites for hydroxylation is 1. The minimum atomic E-state index is -0.123. The summed E-state index contributed by atoms with van der Waals surface area (Å²) in [5.74, 6) is -0.123. The monoisotopic (exact) mass is 260 g/mol. The molecule has 2 atom stereocenters. The molecule has 5 nitrogen and oxygen atoms in total. The molecular weight excluding hydrogens is 240 g/mol. The fraction of sp³-hybridized carbons (Fsp3) is 0.643. The Balaban J connectivity index is 1.77. The lowest BCUT2D eigenvalue weighted by Gasteiger charge is -2.37. The van der Waals surface area contributed by atoms with Crippen molar-refractivity contribution >= 4 is 5.91 Å². The average Bonchev–Trinajstić information content (AvgIpc) is 2.59. The summed E-state index contributed by atoms with van der Waals surface area (Å²) in [4.78, 5) is 20.5. The largest absolute Gasteiger partial charge is 0.345 e. The molecule has 1 aromatic rings. The molecule has 1 amide bonds. The number of aromatic nitrogens is 2. The molecule has 0 radical (unpaired) electrons. The number of carbonyl (C=O) groups excluding carboxylic acids is 1. The van der Waals surface area contributed by atoms with Crippen LogP contribution in [0.1, 0.15) is 54.7 Å². The van der Waals surface area contributed by atoms with Crippen LogP contribution in [0, 0.1) is 6.92 Å². The normalized spacial score (nSPS) is 33.2. The van der Waals surface area contributed by atoms with Crippen LogP contribution >= 0.6 is 0 Å². The summed E-state index contributed by atoms with van der Waals surface area (Å²) < 4.78 is 0. The number of nitrogens with two attached hydrogens (primary N) is 1. The van der Waals surface area contributed by atoms with Crippen molar-refractivity contribution in [1.82, 2.24) is 15.3 Å². The summed E-state index contributed by atoms with van der Waals surface area (Å²) in [6, 6.07) is 0. The van der Waals surface area contributed by atoms with Gasteiger partial charge in [0.2, 0.25) is 0 Å². The lowest BCUT2D eigenvalue weighted by atomic mass is 9.79. The molecule has 3 N–H and O–H groups in total. The van der Waals surface area contributed by atoms with Crippen molar-refractivity contribution in [1.29, 1.82) is 0 Å². The van der Waals surface area contributed by atoms with Crippen molar-refractivity contribution in [2.24, 2.45) is 5.73 Å². The predicted octanol–water partition coefficient (Wildman–Crippen LogP) is 1.32. The van der Waals surface area contributed by atoms with Crippen LogP contribution in [0.15, 0.2) is 12.4 Å². The maximum atomic E-state index is 12.3. The molecule has 2 aliphatic carbocycles. The van der Waals surface area contributed by atoms with Gasteiger partial charge in [0.05, 0.1) is 11.9 Å². The van der Waals surface area contributed by atoms with E-state index in [1.54, 1.807) is 6.20 Å². The first-order valence-corrected chi connectivity index (χ1v) is 6.91. The van der Waals surface area contributed by atoms with Gasteiger partial charge in [-0.3, -0.25) is 9.78 Å². The van der Waals surface area contributed by atoms with Gasteiger partial charge in [-0.25, -0.2) is 4.98 Å². The number of rotatable bonds is 2. The van der Waals surface area contributed by atoms with Gasteiger partial charge in [-0.2, -0.15) is 0 Å². The first-order chi connectivity index (χ1) is 9.00. The Kier molecular flexibility index (Phi) is 2.82. The van der Waals surface area contributed by atoms with E-state index in [-0.39, 0.29) is 17.0 Å². The third-order valence-electron chi connectivity index (χ3n) is 4.49. The Morgan fingerprint density at radius 3 is 2.95 bits per heavy atom. The summed E-state index contributed by atoms with van der Waals surface area (Å²) in [5.41, 5.74) is 7.32. The Bertz CT molecular complexity index is 518. The van der Waals surface area contributed by atoms with E-state index in [1.165, 1.54) is 6.20 Å². The van der Waals surface area contributed by atoms with Crippen LogP contribution in [0.4, 0.5) is 0 Å². The van der Waals surface area contributed by atoms with Crippen LogP contribution in [0.5, 0.6) is 0 Å². The molecule has 2 saturated carbocycles. The fourth-order valence-corrected chi connectivity index (χ4v) is 3.59. The lowest BCUT2D eigenvalue weighted by molar-refractivity contribution is 0.0871. The van der Waals surface area contributed by atoms with Gasteiger partial charge < -0.3 is 11.1 Å². The van der Waals surface area contributed by atoms with Gasteiger partial charge in [-0.05, 0) is 45.4 Å². The molecule has 0 aliphatic heterocycles. The van der Waals surface area contributed by atoms with Gasteiger partial charge in [0.25, 0.3) is 5.91 Å². The highest BCUT2D eigenvalue weighted by Gasteiger charge is 2.49. The smallest absolute Gasteiger partial charge is 0.271 e. The molecule has 19 heavy (non-hydrogen) atoms.